The van der Waals surface area contributed by atoms with Gasteiger partial charge in [0.15, 0.2) is 6.10 Å². The molecular formula is C20H33N3O4. The number of carboxylic acids is 1. The van der Waals surface area contributed by atoms with Crippen LogP contribution in [0.4, 0.5) is 5.69 Å². The first kappa shape index (κ1) is 22.9. The van der Waals surface area contributed by atoms with E-state index >= 15 is 0 Å². The van der Waals surface area contributed by atoms with Crippen LogP contribution in [0.5, 0.6) is 0 Å². The molecule has 0 bridgehead atoms. The van der Waals surface area contributed by atoms with Gasteiger partial charge in [0.2, 0.25) is 5.91 Å². The minimum atomic E-state index is -0.982. The van der Waals surface area contributed by atoms with Crippen LogP contribution in [0.1, 0.15) is 45.1 Å². The van der Waals surface area contributed by atoms with Crippen LogP contribution in [0.15, 0.2) is 24.3 Å². The van der Waals surface area contributed by atoms with Crippen molar-refractivity contribution < 1.29 is 19.4 Å². The number of ether oxygens (including phenoxy) is 1. The van der Waals surface area contributed by atoms with E-state index in [1.807, 2.05) is 38.1 Å². The number of benzene rings is 1. The Labute approximate surface area is 161 Å². The van der Waals surface area contributed by atoms with E-state index in [1.54, 1.807) is 0 Å². The van der Waals surface area contributed by atoms with E-state index in [1.165, 1.54) is 0 Å². The van der Waals surface area contributed by atoms with E-state index in [0.717, 1.165) is 12.0 Å². The highest BCUT2D eigenvalue weighted by Gasteiger charge is 2.22. The fourth-order valence-electron chi connectivity index (χ4n) is 2.59. The molecule has 0 aromatic heterocycles. The van der Waals surface area contributed by atoms with Gasteiger partial charge in [-0.25, -0.2) is 4.79 Å². The predicted molar refractivity (Wildman–Crippen MR) is 106 cm³/mol. The van der Waals surface area contributed by atoms with Crippen LogP contribution in [0.25, 0.3) is 0 Å². The van der Waals surface area contributed by atoms with Gasteiger partial charge in [-0.2, -0.15) is 0 Å². The minimum absolute atomic E-state index is 0.0795. The molecule has 0 radical (unpaired) electrons. The molecule has 1 amide bonds. The minimum Gasteiger partial charge on any atom is -0.479 e. The number of amides is 1. The molecule has 2 atom stereocenters. The van der Waals surface area contributed by atoms with Gasteiger partial charge in [0, 0.05) is 12.1 Å². The van der Waals surface area contributed by atoms with Gasteiger partial charge in [0.25, 0.3) is 0 Å². The van der Waals surface area contributed by atoms with Crippen molar-refractivity contribution >= 4 is 17.6 Å². The normalized spacial score (nSPS) is 13.3. The van der Waals surface area contributed by atoms with Gasteiger partial charge in [-0.1, -0.05) is 26.0 Å². The van der Waals surface area contributed by atoms with Crippen molar-refractivity contribution in [2.75, 3.05) is 18.9 Å². The molecule has 0 saturated carbocycles. The number of nitrogen functional groups attached to an aromatic ring is 1. The highest BCUT2D eigenvalue weighted by Crippen LogP contribution is 2.11. The number of nitrogens with two attached hydrogens (primary N) is 2. The third-order valence-electron chi connectivity index (χ3n) is 4.44. The van der Waals surface area contributed by atoms with Crippen molar-refractivity contribution in [2.24, 2.45) is 11.7 Å². The highest BCUT2D eigenvalue weighted by atomic mass is 16.5. The smallest absolute Gasteiger partial charge is 0.332 e. The molecule has 0 spiro atoms. The molecule has 7 nitrogen and oxygen atoms in total. The highest BCUT2D eigenvalue weighted by molar-refractivity contribution is 5.76. The summed E-state index contributed by atoms with van der Waals surface area (Å²) in [7, 11) is 0. The number of anilines is 1. The third-order valence-corrected chi connectivity index (χ3v) is 4.44. The van der Waals surface area contributed by atoms with Crippen molar-refractivity contribution in [2.45, 2.75) is 58.1 Å². The maximum atomic E-state index is 12.3. The van der Waals surface area contributed by atoms with Crippen LogP contribution in [0.2, 0.25) is 0 Å². The summed E-state index contributed by atoms with van der Waals surface area (Å²) in [6.45, 7) is 4.65. The Kier molecular flexibility index (Phi) is 10.4. The van der Waals surface area contributed by atoms with Crippen LogP contribution in [-0.4, -0.2) is 42.3 Å². The van der Waals surface area contributed by atoms with E-state index in [0.29, 0.717) is 37.9 Å². The standard InChI is InChI=1S/C20H33N3O4/c1-14(2)17(13-27-18(20(25)26)5-3-4-12-21)23-19(24)11-8-15-6-9-16(22)10-7-15/h6-7,9-10,14,17-18H,3-5,8,11-13,21-22H2,1-2H3,(H,23,24)(H,25,26). The Morgan fingerprint density at radius 1 is 1.19 bits per heavy atom. The van der Waals surface area contributed by atoms with Crippen molar-refractivity contribution in [3.8, 4) is 0 Å². The first-order valence-corrected chi connectivity index (χ1v) is 9.51. The molecule has 1 aromatic carbocycles. The molecule has 0 heterocycles. The zero-order valence-electron chi connectivity index (χ0n) is 16.3. The summed E-state index contributed by atoms with van der Waals surface area (Å²) < 4.78 is 5.58. The van der Waals surface area contributed by atoms with Crippen LogP contribution in [-0.2, 0) is 20.7 Å². The Balaban J connectivity index is 2.47. The average molecular weight is 380 g/mol. The van der Waals surface area contributed by atoms with Crippen LogP contribution in [0.3, 0.4) is 0 Å². The number of unbranched alkanes of at least 4 members (excludes halogenated alkanes) is 1. The molecule has 0 aliphatic rings. The summed E-state index contributed by atoms with van der Waals surface area (Å²) >= 11 is 0. The monoisotopic (exact) mass is 379 g/mol. The number of hydrogen-bond donors (Lipinski definition) is 4. The molecule has 1 aromatic rings. The maximum Gasteiger partial charge on any atom is 0.332 e. The van der Waals surface area contributed by atoms with Gasteiger partial charge in [-0.05, 0) is 55.8 Å². The zero-order valence-corrected chi connectivity index (χ0v) is 16.3. The molecule has 7 heteroatoms. The number of aliphatic carboxylic acids is 1. The average Bonchev–Trinajstić information content (AvgIpc) is 2.62. The summed E-state index contributed by atoms with van der Waals surface area (Å²) in [4.78, 5) is 23.6. The second-order valence-electron chi connectivity index (χ2n) is 7.10. The lowest BCUT2D eigenvalue weighted by Crippen LogP contribution is -2.43. The van der Waals surface area contributed by atoms with Gasteiger partial charge in [0.1, 0.15) is 0 Å². The van der Waals surface area contributed by atoms with E-state index in [-0.39, 0.29) is 24.5 Å². The quantitative estimate of drug-likeness (QED) is 0.306. The molecule has 0 fully saturated rings. The first-order valence-electron chi connectivity index (χ1n) is 9.51. The summed E-state index contributed by atoms with van der Waals surface area (Å²) in [6, 6.07) is 7.21. The molecule has 2 unspecified atom stereocenters. The van der Waals surface area contributed by atoms with Gasteiger partial charge in [-0.3, -0.25) is 4.79 Å². The number of nitrogens with one attached hydrogen (secondary N) is 1. The lowest BCUT2D eigenvalue weighted by molar-refractivity contribution is -0.151. The Morgan fingerprint density at radius 3 is 2.41 bits per heavy atom. The van der Waals surface area contributed by atoms with E-state index < -0.39 is 12.1 Å². The summed E-state index contributed by atoms with van der Waals surface area (Å²) in [5.41, 5.74) is 12.8. The first-order chi connectivity index (χ1) is 12.8. The van der Waals surface area contributed by atoms with Crippen molar-refractivity contribution in [3.63, 3.8) is 0 Å². The Hall–Kier alpha value is -2.12. The Bertz CT molecular complexity index is 575. The number of rotatable bonds is 13. The lowest BCUT2D eigenvalue weighted by atomic mass is 10.0. The lowest BCUT2D eigenvalue weighted by Gasteiger charge is -2.24. The second-order valence-corrected chi connectivity index (χ2v) is 7.10. The van der Waals surface area contributed by atoms with E-state index in [2.05, 4.69) is 5.32 Å². The number of carbonyl (C=O) groups is 2. The number of carboxylic acid groups (broad SMARTS) is 1. The van der Waals surface area contributed by atoms with Crippen LogP contribution in [0, 0.1) is 5.92 Å². The van der Waals surface area contributed by atoms with E-state index in [9.17, 15) is 14.7 Å². The second kappa shape index (κ2) is 12.3. The fraction of sp³-hybridized carbons (Fsp3) is 0.600. The summed E-state index contributed by atoms with van der Waals surface area (Å²) in [5.74, 6) is -0.933. The SMILES string of the molecule is CC(C)C(COC(CCCCN)C(=O)O)NC(=O)CCc1ccc(N)cc1. The molecule has 27 heavy (non-hydrogen) atoms. The number of carbonyl (C=O) groups excluding carboxylic acids is 1. The number of hydrogen-bond acceptors (Lipinski definition) is 5. The third kappa shape index (κ3) is 9.40. The predicted octanol–water partition coefficient (Wildman–Crippen LogP) is 1.94. The largest absolute Gasteiger partial charge is 0.479 e. The molecule has 6 N–H and O–H groups in total. The van der Waals surface area contributed by atoms with Gasteiger partial charge < -0.3 is 26.6 Å². The molecule has 152 valence electrons. The van der Waals surface area contributed by atoms with E-state index in [4.69, 9.17) is 16.2 Å². The molecule has 0 aliphatic carbocycles. The van der Waals surface area contributed by atoms with Gasteiger partial charge in [-0.15, -0.1) is 0 Å². The van der Waals surface area contributed by atoms with Crippen molar-refractivity contribution in [3.05, 3.63) is 29.8 Å². The summed E-state index contributed by atoms with van der Waals surface area (Å²) in [5, 5.41) is 12.2. The molecular weight excluding hydrogens is 346 g/mol. The Morgan fingerprint density at radius 2 is 1.85 bits per heavy atom. The van der Waals surface area contributed by atoms with Gasteiger partial charge >= 0.3 is 5.97 Å². The molecule has 0 aliphatic heterocycles. The zero-order chi connectivity index (χ0) is 20.2. The fourth-order valence-corrected chi connectivity index (χ4v) is 2.59. The number of aryl methyl sites for hydroxylation is 1. The van der Waals surface area contributed by atoms with Gasteiger partial charge in [0.05, 0.1) is 12.6 Å². The van der Waals surface area contributed by atoms with Crippen LogP contribution >= 0.6 is 0 Å². The maximum absolute atomic E-state index is 12.3. The molecule has 0 saturated heterocycles. The topological polar surface area (TPSA) is 128 Å². The van der Waals surface area contributed by atoms with Crippen molar-refractivity contribution in [1.29, 1.82) is 0 Å². The molecule has 1 rings (SSSR count). The van der Waals surface area contributed by atoms with Crippen LogP contribution < -0.4 is 16.8 Å². The van der Waals surface area contributed by atoms with Crippen molar-refractivity contribution in [1.82, 2.24) is 5.32 Å². The summed E-state index contributed by atoms with van der Waals surface area (Å²) in [6.07, 6.45) is 1.99.